The third-order valence-corrected chi connectivity index (χ3v) is 3.99. The zero-order valence-electron chi connectivity index (χ0n) is 15.0. The number of hydrogen-bond donors (Lipinski definition) is 1. The Morgan fingerprint density at radius 3 is 2.33 bits per heavy atom. The number of carbonyl (C=O) groups is 1. The van der Waals surface area contributed by atoms with Crippen molar-refractivity contribution in [2.75, 3.05) is 0 Å². The predicted octanol–water partition coefficient (Wildman–Crippen LogP) is 4.35. The van der Waals surface area contributed by atoms with Crippen molar-refractivity contribution in [1.82, 2.24) is 5.43 Å². The van der Waals surface area contributed by atoms with Gasteiger partial charge in [-0.1, -0.05) is 72.8 Å². The number of hydrogen-bond acceptors (Lipinski definition) is 3. The second-order valence-electron chi connectivity index (χ2n) is 6.13. The van der Waals surface area contributed by atoms with Crippen molar-refractivity contribution in [3.63, 3.8) is 0 Å². The van der Waals surface area contributed by atoms with Crippen LogP contribution in [0.4, 0.5) is 0 Å². The molecule has 3 aromatic rings. The molecule has 0 spiro atoms. The van der Waals surface area contributed by atoms with Gasteiger partial charge in [0, 0.05) is 6.42 Å². The molecule has 0 atom stereocenters. The van der Waals surface area contributed by atoms with E-state index in [0.717, 1.165) is 22.4 Å². The SMILES string of the molecule is O=C(CCc1ccccc1)NN=Cc1cccc(OCc2ccccc2)c1. The van der Waals surface area contributed by atoms with Gasteiger partial charge < -0.3 is 4.74 Å². The first kappa shape index (κ1) is 18.4. The van der Waals surface area contributed by atoms with E-state index in [4.69, 9.17) is 4.74 Å². The second-order valence-corrected chi connectivity index (χ2v) is 6.13. The fourth-order valence-corrected chi connectivity index (χ4v) is 2.56. The van der Waals surface area contributed by atoms with Crippen molar-refractivity contribution in [3.8, 4) is 5.75 Å². The highest BCUT2D eigenvalue weighted by Crippen LogP contribution is 2.14. The van der Waals surface area contributed by atoms with Crippen molar-refractivity contribution in [3.05, 3.63) is 102 Å². The van der Waals surface area contributed by atoms with Gasteiger partial charge >= 0.3 is 0 Å². The van der Waals surface area contributed by atoms with Gasteiger partial charge in [-0.05, 0) is 35.2 Å². The number of carbonyl (C=O) groups excluding carboxylic acids is 1. The van der Waals surface area contributed by atoms with E-state index >= 15 is 0 Å². The monoisotopic (exact) mass is 358 g/mol. The lowest BCUT2D eigenvalue weighted by Crippen LogP contribution is -2.17. The Morgan fingerprint density at radius 1 is 0.889 bits per heavy atom. The molecule has 27 heavy (non-hydrogen) atoms. The van der Waals surface area contributed by atoms with E-state index in [1.807, 2.05) is 84.9 Å². The average molecular weight is 358 g/mol. The summed E-state index contributed by atoms with van der Waals surface area (Å²) in [6.45, 7) is 0.512. The smallest absolute Gasteiger partial charge is 0.240 e. The normalized spacial score (nSPS) is 10.7. The molecule has 0 fully saturated rings. The fourth-order valence-electron chi connectivity index (χ4n) is 2.56. The van der Waals surface area contributed by atoms with Crippen LogP contribution in [0.3, 0.4) is 0 Å². The van der Waals surface area contributed by atoms with E-state index < -0.39 is 0 Å². The Hall–Kier alpha value is -3.40. The molecule has 0 aliphatic rings. The Bertz CT molecular complexity index is 877. The fraction of sp³-hybridized carbons (Fsp3) is 0.130. The summed E-state index contributed by atoms with van der Waals surface area (Å²) in [7, 11) is 0. The van der Waals surface area contributed by atoms with Crippen LogP contribution in [0, 0.1) is 0 Å². The van der Waals surface area contributed by atoms with Crippen LogP contribution in [0.1, 0.15) is 23.1 Å². The molecular weight excluding hydrogens is 336 g/mol. The average Bonchev–Trinajstić information content (AvgIpc) is 2.73. The number of ether oxygens (including phenoxy) is 1. The van der Waals surface area contributed by atoms with Gasteiger partial charge in [0.05, 0.1) is 6.21 Å². The molecular formula is C23H22N2O2. The Labute approximate surface area is 159 Å². The summed E-state index contributed by atoms with van der Waals surface area (Å²) >= 11 is 0. The minimum Gasteiger partial charge on any atom is -0.489 e. The lowest BCUT2D eigenvalue weighted by atomic mass is 10.1. The third kappa shape index (κ3) is 6.44. The van der Waals surface area contributed by atoms with E-state index in [-0.39, 0.29) is 5.91 Å². The van der Waals surface area contributed by atoms with Gasteiger partial charge in [-0.25, -0.2) is 5.43 Å². The third-order valence-electron chi connectivity index (χ3n) is 3.99. The van der Waals surface area contributed by atoms with E-state index in [2.05, 4.69) is 10.5 Å². The topological polar surface area (TPSA) is 50.7 Å². The van der Waals surface area contributed by atoms with Crippen molar-refractivity contribution in [2.45, 2.75) is 19.4 Å². The highest BCUT2D eigenvalue weighted by molar-refractivity contribution is 5.82. The summed E-state index contributed by atoms with van der Waals surface area (Å²) < 4.78 is 5.80. The molecule has 0 saturated heterocycles. The van der Waals surface area contributed by atoms with Crippen LogP contribution in [0.15, 0.2) is 90.0 Å². The first-order valence-electron chi connectivity index (χ1n) is 8.92. The molecule has 0 aromatic heterocycles. The lowest BCUT2D eigenvalue weighted by Gasteiger charge is -2.06. The molecule has 0 aliphatic carbocycles. The minimum absolute atomic E-state index is 0.105. The summed E-state index contributed by atoms with van der Waals surface area (Å²) in [5.41, 5.74) is 5.69. The van der Waals surface area contributed by atoms with Crippen LogP contribution in [0.2, 0.25) is 0 Å². The minimum atomic E-state index is -0.105. The van der Waals surface area contributed by atoms with Crippen LogP contribution >= 0.6 is 0 Å². The number of hydrazone groups is 1. The lowest BCUT2D eigenvalue weighted by molar-refractivity contribution is -0.121. The van der Waals surface area contributed by atoms with Gasteiger partial charge in [0.15, 0.2) is 0 Å². The molecule has 136 valence electrons. The van der Waals surface area contributed by atoms with Crippen molar-refractivity contribution < 1.29 is 9.53 Å². The van der Waals surface area contributed by atoms with Crippen LogP contribution in [-0.4, -0.2) is 12.1 Å². The largest absolute Gasteiger partial charge is 0.489 e. The van der Waals surface area contributed by atoms with E-state index in [0.29, 0.717) is 19.4 Å². The van der Waals surface area contributed by atoms with Crippen LogP contribution in [-0.2, 0) is 17.8 Å². The van der Waals surface area contributed by atoms with Crippen molar-refractivity contribution in [2.24, 2.45) is 5.10 Å². The summed E-state index contributed by atoms with van der Waals surface area (Å²) in [6.07, 6.45) is 2.72. The molecule has 1 amide bonds. The first-order chi connectivity index (χ1) is 13.3. The molecule has 3 aromatic carbocycles. The van der Waals surface area contributed by atoms with E-state index in [1.165, 1.54) is 0 Å². The molecule has 0 bridgehead atoms. The second kappa shape index (κ2) is 9.92. The van der Waals surface area contributed by atoms with Crippen molar-refractivity contribution >= 4 is 12.1 Å². The van der Waals surface area contributed by atoms with Gasteiger partial charge in [-0.2, -0.15) is 5.10 Å². The van der Waals surface area contributed by atoms with Gasteiger partial charge in [0.1, 0.15) is 12.4 Å². The molecule has 0 aliphatic heterocycles. The zero-order chi connectivity index (χ0) is 18.7. The summed E-state index contributed by atoms with van der Waals surface area (Å²) in [5.74, 6) is 0.657. The number of nitrogens with one attached hydrogen (secondary N) is 1. The maximum atomic E-state index is 11.9. The summed E-state index contributed by atoms with van der Waals surface area (Å²) in [5, 5.41) is 4.03. The Balaban J connectivity index is 1.46. The Kier molecular flexibility index (Phi) is 6.76. The van der Waals surface area contributed by atoms with Gasteiger partial charge in [-0.15, -0.1) is 0 Å². The molecule has 0 unspecified atom stereocenters. The number of aryl methyl sites for hydroxylation is 1. The molecule has 4 heteroatoms. The highest BCUT2D eigenvalue weighted by Gasteiger charge is 2.01. The molecule has 0 saturated carbocycles. The number of benzene rings is 3. The number of nitrogens with zero attached hydrogens (tertiary/aromatic N) is 1. The maximum absolute atomic E-state index is 11.9. The zero-order valence-corrected chi connectivity index (χ0v) is 15.0. The molecule has 0 radical (unpaired) electrons. The molecule has 4 nitrogen and oxygen atoms in total. The highest BCUT2D eigenvalue weighted by atomic mass is 16.5. The van der Waals surface area contributed by atoms with Gasteiger partial charge in [-0.3, -0.25) is 4.79 Å². The summed E-state index contributed by atoms with van der Waals surface area (Å²) in [4.78, 5) is 11.9. The van der Waals surface area contributed by atoms with Gasteiger partial charge in [0.25, 0.3) is 0 Å². The maximum Gasteiger partial charge on any atom is 0.240 e. The molecule has 1 N–H and O–H groups in total. The van der Waals surface area contributed by atoms with E-state index in [9.17, 15) is 4.79 Å². The van der Waals surface area contributed by atoms with Crippen LogP contribution in [0.5, 0.6) is 5.75 Å². The standard InChI is InChI=1S/C23H22N2O2/c26-23(15-14-19-8-3-1-4-9-19)25-24-17-21-12-7-13-22(16-21)27-18-20-10-5-2-6-11-20/h1-13,16-17H,14-15,18H2,(H,25,26). The molecule has 0 heterocycles. The summed E-state index contributed by atoms with van der Waals surface area (Å²) in [6, 6.07) is 27.5. The molecule has 3 rings (SSSR count). The van der Waals surface area contributed by atoms with Gasteiger partial charge in [0.2, 0.25) is 5.91 Å². The first-order valence-corrected chi connectivity index (χ1v) is 8.92. The quantitative estimate of drug-likeness (QED) is 0.481. The predicted molar refractivity (Wildman–Crippen MR) is 108 cm³/mol. The van der Waals surface area contributed by atoms with E-state index in [1.54, 1.807) is 6.21 Å². The Morgan fingerprint density at radius 2 is 1.59 bits per heavy atom. The van der Waals surface area contributed by atoms with Crippen LogP contribution < -0.4 is 10.2 Å². The van der Waals surface area contributed by atoms with Crippen molar-refractivity contribution in [1.29, 1.82) is 0 Å². The van der Waals surface area contributed by atoms with Crippen LogP contribution in [0.25, 0.3) is 0 Å². The number of amides is 1. The number of rotatable bonds is 8.